The Hall–Kier alpha value is -0.860. The maximum Gasteiger partial charge on any atom is 0.319 e. The SMILES string of the molecule is CCOC(=O)C1(C(=O)CC(C)C)CC2(CC2)C1. The van der Waals surface area contributed by atoms with E-state index in [1.54, 1.807) is 6.92 Å². The van der Waals surface area contributed by atoms with Gasteiger partial charge in [0.05, 0.1) is 6.61 Å². The molecule has 0 aromatic rings. The summed E-state index contributed by atoms with van der Waals surface area (Å²) in [5.41, 5.74) is -0.448. The highest BCUT2D eigenvalue weighted by Crippen LogP contribution is 2.69. The van der Waals surface area contributed by atoms with Crippen molar-refractivity contribution in [2.24, 2.45) is 16.7 Å². The van der Waals surface area contributed by atoms with Gasteiger partial charge in [0.2, 0.25) is 0 Å². The topological polar surface area (TPSA) is 43.4 Å². The van der Waals surface area contributed by atoms with E-state index in [4.69, 9.17) is 4.74 Å². The van der Waals surface area contributed by atoms with Crippen molar-refractivity contribution in [2.45, 2.75) is 52.9 Å². The summed E-state index contributed by atoms with van der Waals surface area (Å²) in [6.07, 6.45) is 4.34. The molecule has 0 N–H and O–H groups in total. The highest BCUT2D eigenvalue weighted by atomic mass is 16.5. The number of rotatable bonds is 5. The summed E-state index contributed by atoms with van der Waals surface area (Å²) < 4.78 is 5.11. The van der Waals surface area contributed by atoms with Gasteiger partial charge in [0, 0.05) is 6.42 Å². The Morgan fingerprint density at radius 2 is 1.82 bits per heavy atom. The van der Waals surface area contributed by atoms with Crippen molar-refractivity contribution in [2.75, 3.05) is 6.61 Å². The van der Waals surface area contributed by atoms with Crippen molar-refractivity contribution in [3.8, 4) is 0 Å². The van der Waals surface area contributed by atoms with Crippen molar-refractivity contribution < 1.29 is 14.3 Å². The molecule has 96 valence electrons. The molecule has 3 heteroatoms. The first-order valence-corrected chi connectivity index (χ1v) is 6.65. The first-order valence-electron chi connectivity index (χ1n) is 6.65. The smallest absolute Gasteiger partial charge is 0.319 e. The molecule has 2 saturated carbocycles. The quantitative estimate of drug-likeness (QED) is 0.546. The van der Waals surface area contributed by atoms with Gasteiger partial charge in [-0.15, -0.1) is 0 Å². The third kappa shape index (κ3) is 2.12. The Kier molecular flexibility index (Phi) is 3.04. The Morgan fingerprint density at radius 3 is 2.24 bits per heavy atom. The monoisotopic (exact) mass is 238 g/mol. The van der Waals surface area contributed by atoms with Crippen molar-refractivity contribution in [1.82, 2.24) is 0 Å². The molecule has 0 saturated heterocycles. The average Bonchev–Trinajstić information content (AvgIpc) is 2.93. The van der Waals surface area contributed by atoms with E-state index in [1.807, 2.05) is 13.8 Å². The Morgan fingerprint density at radius 1 is 1.24 bits per heavy atom. The fraction of sp³-hybridized carbons (Fsp3) is 0.857. The van der Waals surface area contributed by atoms with Gasteiger partial charge in [0.15, 0.2) is 0 Å². The molecule has 2 fully saturated rings. The van der Waals surface area contributed by atoms with Crippen LogP contribution in [-0.4, -0.2) is 18.4 Å². The summed E-state index contributed by atoms with van der Waals surface area (Å²) in [6.45, 7) is 6.19. The maximum absolute atomic E-state index is 12.3. The molecule has 0 amide bonds. The minimum Gasteiger partial charge on any atom is -0.465 e. The van der Waals surface area contributed by atoms with E-state index in [0.29, 0.717) is 24.4 Å². The van der Waals surface area contributed by atoms with E-state index < -0.39 is 5.41 Å². The number of carbonyl (C=O) groups is 2. The van der Waals surface area contributed by atoms with Crippen LogP contribution in [0.15, 0.2) is 0 Å². The summed E-state index contributed by atoms with van der Waals surface area (Å²) >= 11 is 0. The van der Waals surface area contributed by atoms with Crippen molar-refractivity contribution in [3.05, 3.63) is 0 Å². The molecule has 0 aromatic carbocycles. The zero-order valence-electron chi connectivity index (χ0n) is 11.0. The Balaban J connectivity index is 2.08. The fourth-order valence-corrected chi connectivity index (χ4v) is 3.05. The van der Waals surface area contributed by atoms with Crippen LogP contribution >= 0.6 is 0 Å². The normalized spacial score (nSPS) is 23.3. The summed E-state index contributed by atoms with van der Waals surface area (Å²) in [5.74, 6) is 0.135. The average molecular weight is 238 g/mol. The van der Waals surface area contributed by atoms with Gasteiger partial charge in [-0.1, -0.05) is 13.8 Å². The van der Waals surface area contributed by atoms with Crippen molar-refractivity contribution in [1.29, 1.82) is 0 Å². The molecule has 2 rings (SSSR count). The Bertz CT molecular complexity index is 331. The van der Waals surface area contributed by atoms with Crippen LogP contribution in [0.3, 0.4) is 0 Å². The number of carbonyl (C=O) groups excluding carboxylic acids is 2. The van der Waals surface area contributed by atoms with E-state index in [9.17, 15) is 9.59 Å². The van der Waals surface area contributed by atoms with E-state index in [1.165, 1.54) is 12.8 Å². The van der Waals surface area contributed by atoms with Crippen LogP contribution in [-0.2, 0) is 14.3 Å². The minimum absolute atomic E-state index is 0.100. The lowest BCUT2D eigenvalue weighted by Gasteiger charge is -2.45. The van der Waals surface area contributed by atoms with Crippen LogP contribution < -0.4 is 0 Å². The lowest BCUT2D eigenvalue weighted by molar-refractivity contribution is -0.172. The summed E-state index contributed by atoms with van der Waals surface area (Å²) in [6, 6.07) is 0. The Labute approximate surface area is 103 Å². The minimum atomic E-state index is -0.781. The van der Waals surface area contributed by atoms with E-state index in [2.05, 4.69) is 0 Å². The van der Waals surface area contributed by atoms with Gasteiger partial charge in [-0.2, -0.15) is 0 Å². The zero-order valence-corrected chi connectivity index (χ0v) is 11.0. The predicted octanol–water partition coefficient (Wildman–Crippen LogP) is 2.73. The van der Waals surface area contributed by atoms with Gasteiger partial charge in [-0.3, -0.25) is 9.59 Å². The number of hydrogen-bond donors (Lipinski definition) is 0. The molecule has 0 unspecified atom stereocenters. The van der Waals surface area contributed by atoms with Gasteiger partial charge < -0.3 is 4.74 Å². The molecule has 0 aromatic heterocycles. The standard InChI is InChI=1S/C14H22O3/c1-4-17-12(16)14(11(15)7-10(2)3)8-13(9-14)5-6-13/h10H,4-9H2,1-3H3. The first-order chi connectivity index (χ1) is 7.94. The van der Waals surface area contributed by atoms with Gasteiger partial charge in [-0.05, 0) is 43.9 Å². The van der Waals surface area contributed by atoms with Crippen LogP contribution in [0.1, 0.15) is 52.9 Å². The molecule has 2 aliphatic rings. The third-order valence-electron chi connectivity index (χ3n) is 4.10. The molecule has 3 nitrogen and oxygen atoms in total. The van der Waals surface area contributed by atoms with Gasteiger partial charge in [0.25, 0.3) is 0 Å². The third-order valence-corrected chi connectivity index (χ3v) is 4.10. The lowest BCUT2D eigenvalue weighted by Crippen LogP contribution is -2.52. The summed E-state index contributed by atoms with van der Waals surface area (Å²) in [4.78, 5) is 24.3. The second kappa shape index (κ2) is 4.11. The van der Waals surface area contributed by atoms with E-state index >= 15 is 0 Å². The molecule has 17 heavy (non-hydrogen) atoms. The molecular weight excluding hydrogens is 216 g/mol. The number of esters is 1. The second-order valence-corrected chi connectivity index (χ2v) is 6.18. The number of ether oxygens (including phenoxy) is 1. The number of ketones is 1. The zero-order chi connectivity index (χ0) is 12.7. The van der Waals surface area contributed by atoms with E-state index in [-0.39, 0.29) is 11.8 Å². The maximum atomic E-state index is 12.3. The lowest BCUT2D eigenvalue weighted by atomic mass is 9.56. The largest absolute Gasteiger partial charge is 0.465 e. The van der Waals surface area contributed by atoms with Crippen LogP contribution in [0.5, 0.6) is 0 Å². The number of hydrogen-bond acceptors (Lipinski definition) is 3. The first kappa shape index (κ1) is 12.6. The summed E-state index contributed by atoms with van der Waals surface area (Å²) in [5, 5.41) is 0. The fourth-order valence-electron chi connectivity index (χ4n) is 3.05. The highest BCUT2D eigenvalue weighted by molar-refractivity contribution is 6.05. The molecule has 0 bridgehead atoms. The number of Topliss-reactive ketones (excluding diaryl/α,β-unsaturated/α-hetero) is 1. The van der Waals surface area contributed by atoms with Crippen LogP contribution in [0, 0.1) is 16.7 Å². The predicted molar refractivity (Wildman–Crippen MR) is 64.4 cm³/mol. The van der Waals surface area contributed by atoms with E-state index in [0.717, 1.165) is 12.8 Å². The summed E-state index contributed by atoms with van der Waals surface area (Å²) in [7, 11) is 0. The van der Waals surface area contributed by atoms with Crippen LogP contribution in [0.2, 0.25) is 0 Å². The molecular formula is C14H22O3. The van der Waals surface area contributed by atoms with Crippen LogP contribution in [0.4, 0.5) is 0 Å². The molecule has 0 heterocycles. The second-order valence-electron chi connectivity index (χ2n) is 6.18. The van der Waals surface area contributed by atoms with Gasteiger partial charge in [0.1, 0.15) is 11.2 Å². The molecule has 0 radical (unpaired) electrons. The van der Waals surface area contributed by atoms with Crippen molar-refractivity contribution >= 4 is 11.8 Å². The molecule has 2 aliphatic carbocycles. The molecule has 1 spiro atoms. The molecule has 0 atom stereocenters. The molecule has 0 aliphatic heterocycles. The highest BCUT2D eigenvalue weighted by Gasteiger charge is 2.67. The van der Waals surface area contributed by atoms with Crippen LogP contribution in [0.25, 0.3) is 0 Å². The van der Waals surface area contributed by atoms with Gasteiger partial charge in [-0.25, -0.2) is 0 Å². The van der Waals surface area contributed by atoms with Crippen molar-refractivity contribution in [3.63, 3.8) is 0 Å². The van der Waals surface area contributed by atoms with Gasteiger partial charge >= 0.3 is 5.97 Å².